The summed E-state index contributed by atoms with van der Waals surface area (Å²) in [5, 5.41) is 0.701. The van der Waals surface area contributed by atoms with E-state index in [-0.39, 0.29) is 12.3 Å². The summed E-state index contributed by atoms with van der Waals surface area (Å²) in [6, 6.07) is 9.17. The number of rotatable bonds is 5. The van der Waals surface area contributed by atoms with E-state index >= 15 is 0 Å². The van der Waals surface area contributed by atoms with Crippen molar-refractivity contribution in [3.05, 3.63) is 55.2 Å². The predicted octanol–water partition coefficient (Wildman–Crippen LogP) is 5.02. The van der Waals surface area contributed by atoms with Crippen LogP contribution in [-0.2, 0) is 6.54 Å². The molecule has 0 atom stereocenters. The van der Waals surface area contributed by atoms with Gasteiger partial charge in [-0.3, -0.25) is 9.69 Å². The average molecular weight is 349 g/mol. The molecule has 20 heavy (non-hydrogen) atoms. The van der Waals surface area contributed by atoms with Crippen LogP contribution in [0.25, 0.3) is 0 Å². The lowest BCUT2D eigenvalue weighted by Crippen LogP contribution is -2.25. The van der Waals surface area contributed by atoms with Gasteiger partial charge in [-0.1, -0.05) is 46.9 Å². The Kier molecular flexibility index (Phi) is 5.47. The second-order valence-electron chi connectivity index (χ2n) is 4.46. The molecule has 1 aromatic carbocycles. The van der Waals surface area contributed by atoms with Crippen molar-refractivity contribution in [2.45, 2.75) is 6.54 Å². The quantitative estimate of drug-likeness (QED) is 0.707. The predicted molar refractivity (Wildman–Crippen MR) is 86.5 cm³/mol. The largest absolute Gasteiger partial charge is 0.295 e. The van der Waals surface area contributed by atoms with Crippen molar-refractivity contribution in [2.24, 2.45) is 0 Å². The summed E-state index contributed by atoms with van der Waals surface area (Å²) in [6.07, 6.45) is 0. The molecule has 0 aliphatic rings. The highest BCUT2D eigenvalue weighted by Gasteiger charge is 2.16. The van der Waals surface area contributed by atoms with Gasteiger partial charge in [0.25, 0.3) is 0 Å². The minimum atomic E-state index is -0.0328. The second-order valence-corrected chi connectivity index (χ2v) is 7.18. The molecule has 0 N–H and O–H groups in total. The van der Waals surface area contributed by atoms with Gasteiger partial charge in [0.05, 0.1) is 16.4 Å². The first-order valence-electron chi connectivity index (χ1n) is 5.86. The average Bonchev–Trinajstić information content (AvgIpc) is 2.71. The third kappa shape index (κ3) is 4.21. The molecule has 0 aliphatic heterocycles. The summed E-state index contributed by atoms with van der Waals surface area (Å²) in [5.74, 6) is -0.0328. The van der Waals surface area contributed by atoms with Crippen molar-refractivity contribution >= 4 is 51.9 Å². The van der Waals surface area contributed by atoms with Crippen molar-refractivity contribution in [1.29, 1.82) is 0 Å². The molecule has 2 rings (SSSR count). The molecule has 2 aromatic rings. The van der Waals surface area contributed by atoms with Crippen molar-refractivity contribution in [3.63, 3.8) is 0 Å². The van der Waals surface area contributed by atoms with Gasteiger partial charge in [-0.15, -0.1) is 11.3 Å². The second kappa shape index (κ2) is 6.92. The number of thiophene rings is 1. The molecule has 1 aromatic heterocycles. The molecule has 0 unspecified atom stereocenters. The lowest BCUT2D eigenvalue weighted by atomic mass is 10.2. The molecule has 0 radical (unpaired) electrons. The first-order chi connectivity index (χ1) is 9.45. The number of hydrogen-bond acceptors (Lipinski definition) is 3. The minimum Gasteiger partial charge on any atom is -0.295 e. The summed E-state index contributed by atoms with van der Waals surface area (Å²) in [6.45, 7) is 0.952. The van der Waals surface area contributed by atoms with Crippen LogP contribution in [-0.4, -0.2) is 24.3 Å². The molecule has 0 spiro atoms. The van der Waals surface area contributed by atoms with Crippen LogP contribution in [0.2, 0.25) is 13.7 Å². The molecule has 0 amide bonds. The molecular formula is C14H12Cl3NOS. The summed E-state index contributed by atoms with van der Waals surface area (Å²) in [7, 11) is 1.88. The van der Waals surface area contributed by atoms with E-state index in [0.717, 1.165) is 5.56 Å². The van der Waals surface area contributed by atoms with Crippen LogP contribution < -0.4 is 0 Å². The van der Waals surface area contributed by atoms with Crippen molar-refractivity contribution < 1.29 is 4.79 Å². The number of carbonyl (C=O) groups excluding carboxylic acids is 1. The van der Waals surface area contributed by atoms with Gasteiger partial charge in [-0.2, -0.15) is 0 Å². The fourth-order valence-corrected chi connectivity index (χ4v) is 3.44. The first-order valence-corrected chi connectivity index (χ1v) is 7.82. The Balaban J connectivity index is 1.97. The van der Waals surface area contributed by atoms with E-state index in [9.17, 15) is 4.79 Å². The lowest BCUT2D eigenvalue weighted by Gasteiger charge is -2.15. The molecule has 0 aliphatic carbocycles. The van der Waals surface area contributed by atoms with E-state index in [1.54, 1.807) is 6.07 Å². The zero-order chi connectivity index (χ0) is 14.7. The molecule has 1 heterocycles. The summed E-state index contributed by atoms with van der Waals surface area (Å²) in [5.41, 5.74) is 1.59. The highest BCUT2D eigenvalue weighted by molar-refractivity contribution is 7.20. The maximum atomic E-state index is 12.1. The molecule has 0 saturated carbocycles. The molecule has 0 bridgehead atoms. The molecule has 106 valence electrons. The monoisotopic (exact) mass is 347 g/mol. The normalized spacial score (nSPS) is 11.1. The smallest absolute Gasteiger partial charge is 0.179 e. The van der Waals surface area contributed by atoms with E-state index in [1.807, 2.05) is 36.2 Å². The molecular weight excluding hydrogens is 337 g/mol. The maximum Gasteiger partial charge on any atom is 0.179 e. The van der Waals surface area contributed by atoms with E-state index in [4.69, 9.17) is 34.8 Å². The van der Waals surface area contributed by atoms with Gasteiger partial charge >= 0.3 is 0 Å². The number of Topliss-reactive ketones (excluding diaryl/α,β-unsaturated/α-hetero) is 1. The summed E-state index contributed by atoms with van der Waals surface area (Å²) in [4.78, 5) is 14.1. The number of halogens is 3. The number of hydrogen-bond donors (Lipinski definition) is 0. The zero-order valence-corrected chi connectivity index (χ0v) is 13.8. The van der Waals surface area contributed by atoms with E-state index < -0.39 is 0 Å². The number of nitrogens with zero attached hydrogens (tertiary/aromatic N) is 1. The first kappa shape index (κ1) is 15.8. The van der Waals surface area contributed by atoms with E-state index in [0.29, 0.717) is 25.8 Å². The number of carbonyl (C=O) groups is 1. The number of benzene rings is 1. The molecule has 2 nitrogen and oxygen atoms in total. The van der Waals surface area contributed by atoms with Crippen LogP contribution in [0.3, 0.4) is 0 Å². The highest BCUT2D eigenvalue weighted by Crippen LogP contribution is 2.31. The van der Waals surface area contributed by atoms with Gasteiger partial charge < -0.3 is 0 Å². The van der Waals surface area contributed by atoms with E-state index in [1.165, 1.54) is 11.3 Å². The van der Waals surface area contributed by atoms with E-state index in [2.05, 4.69) is 0 Å². The maximum absolute atomic E-state index is 12.1. The van der Waals surface area contributed by atoms with Crippen LogP contribution in [0.4, 0.5) is 0 Å². The fraction of sp³-hybridized carbons (Fsp3) is 0.214. The van der Waals surface area contributed by atoms with Crippen molar-refractivity contribution in [3.8, 4) is 0 Å². The van der Waals surface area contributed by atoms with Gasteiger partial charge in [0.15, 0.2) is 5.78 Å². The van der Waals surface area contributed by atoms with Crippen molar-refractivity contribution in [1.82, 2.24) is 4.90 Å². The van der Waals surface area contributed by atoms with Crippen LogP contribution in [0, 0.1) is 0 Å². The van der Waals surface area contributed by atoms with Gasteiger partial charge in [0, 0.05) is 11.6 Å². The third-order valence-electron chi connectivity index (χ3n) is 2.74. The molecule has 6 heteroatoms. The molecule has 0 fully saturated rings. The minimum absolute atomic E-state index is 0.0328. The summed E-state index contributed by atoms with van der Waals surface area (Å²) < 4.78 is 0.971. The third-order valence-corrected chi connectivity index (χ3v) is 4.48. The summed E-state index contributed by atoms with van der Waals surface area (Å²) >= 11 is 18.9. The lowest BCUT2D eigenvalue weighted by molar-refractivity contribution is 0.0943. The molecule has 0 saturated heterocycles. The zero-order valence-electron chi connectivity index (χ0n) is 10.7. The van der Waals surface area contributed by atoms with Crippen LogP contribution in [0.5, 0.6) is 0 Å². The Hall–Kier alpha value is -0.580. The highest BCUT2D eigenvalue weighted by atomic mass is 35.5. The van der Waals surface area contributed by atoms with Crippen LogP contribution in [0.15, 0.2) is 30.3 Å². The van der Waals surface area contributed by atoms with Crippen LogP contribution >= 0.6 is 46.1 Å². The fourth-order valence-electron chi connectivity index (χ4n) is 1.82. The number of ketones is 1. The Labute approximate surface area is 136 Å². The van der Waals surface area contributed by atoms with Gasteiger partial charge in [0.1, 0.15) is 4.34 Å². The standard InChI is InChI=1S/C14H12Cl3NOS/c1-18(7-9-2-4-10(15)5-3-9)8-12(19)11-6-13(16)20-14(11)17/h2-6H,7-8H2,1H3. The van der Waals surface area contributed by atoms with Gasteiger partial charge in [0.2, 0.25) is 0 Å². The van der Waals surface area contributed by atoms with Crippen LogP contribution in [0.1, 0.15) is 15.9 Å². The Morgan fingerprint density at radius 2 is 1.85 bits per heavy atom. The SMILES string of the molecule is CN(CC(=O)c1cc(Cl)sc1Cl)Cc1ccc(Cl)cc1. The van der Waals surface area contributed by atoms with Gasteiger partial charge in [-0.25, -0.2) is 0 Å². The topological polar surface area (TPSA) is 20.3 Å². The van der Waals surface area contributed by atoms with Gasteiger partial charge in [-0.05, 0) is 30.8 Å². The Bertz CT molecular complexity index is 609. The Morgan fingerprint density at radius 3 is 2.40 bits per heavy atom. The van der Waals surface area contributed by atoms with Crippen molar-refractivity contribution in [2.75, 3.05) is 13.6 Å². The Morgan fingerprint density at radius 1 is 1.20 bits per heavy atom. The number of likely N-dealkylation sites (N-methyl/N-ethyl adjacent to an activating group) is 1.